The lowest BCUT2D eigenvalue weighted by Gasteiger charge is -1.90. The molecule has 0 aromatic carbocycles. The fourth-order valence-electron chi connectivity index (χ4n) is 1.20. The summed E-state index contributed by atoms with van der Waals surface area (Å²) < 4.78 is 2.00. The van der Waals surface area contributed by atoms with Crippen molar-refractivity contribution in [3.63, 3.8) is 0 Å². The van der Waals surface area contributed by atoms with Gasteiger partial charge in [-0.25, -0.2) is 4.68 Å². The molecule has 2 rings (SSSR count). The maximum Gasteiger partial charge on any atom is 0.0827 e. The van der Waals surface area contributed by atoms with Crippen molar-refractivity contribution in [2.75, 3.05) is 0 Å². The van der Waals surface area contributed by atoms with Gasteiger partial charge in [-0.15, -0.1) is 5.10 Å². The second-order valence-corrected chi connectivity index (χ2v) is 3.17. The second-order valence-electron chi connectivity index (χ2n) is 3.17. The van der Waals surface area contributed by atoms with Crippen LogP contribution in [0.1, 0.15) is 37.9 Å². The first-order chi connectivity index (χ1) is 5.40. The number of rotatable bonds is 3. The number of hydrogen-bond donors (Lipinski definition) is 0. The van der Waals surface area contributed by atoms with E-state index in [2.05, 4.69) is 23.4 Å². The lowest BCUT2D eigenvalue weighted by molar-refractivity contribution is 0.610. The zero-order chi connectivity index (χ0) is 7.68. The summed E-state index contributed by atoms with van der Waals surface area (Å²) in [6.45, 7) is 2.16. The van der Waals surface area contributed by atoms with Crippen LogP contribution in [0.2, 0.25) is 0 Å². The van der Waals surface area contributed by atoms with Gasteiger partial charge in [0.25, 0.3) is 0 Å². The molecule has 0 saturated heterocycles. The summed E-state index contributed by atoms with van der Waals surface area (Å²) in [7, 11) is 0. The normalized spacial score (nSPS) is 17.2. The number of aryl methyl sites for hydroxylation is 1. The molecule has 3 heteroatoms. The number of aromatic nitrogens is 3. The van der Waals surface area contributed by atoms with Crippen LogP contribution in [0.15, 0.2) is 6.20 Å². The highest BCUT2D eigenvalue weighted by molar-refractivity contribution is 4.95. The second kappa shape index (κ2) is 2.64. The third kappa shape index (κ3) is 1.42. The molecule has 60 valence electrons. The number of nitrogens with zero attached hydrogens (tertiary/aromatic N) is 3. The summed E-state index contributed by atoms with van der Waals surface area (Å²) in [4.78, 5) is 0. The molecule has 0 amide bonds. The first kappa shape index (κ1) is 6.83. The van der Waals surface area contributed by atoms with Crippen molar-refractivity contribution in [1.29, 1.82) is 0 Å². The highest BCUT2D eigenvalue weighted by atomic mass is 15.4. The molecule has 1 aromatic rings. The molecule has 0 bridgehead atoms. The molecule has 0 N–H and O–H groups in total. The van der Waals surface area contributed by atoms with Crippen molar-refractivity contribution in [3.05, 3.63) is 11.9 Å². The Bertz CT molecular complexity index is 237. The molecule has 0 radical (unpaired) electrons. The smallest absolute Gasteiger partial charge is 0.0827 e. The quantitative estimate of drug-likeness (QED) is 0.656. The third-order valence-corrected chi connectivity index (χ3v) is 1.98. The molecule has 0 unspecified atom stereocenters. The van der Waals surface area contributed by atoms with Crippen LogP contribution in [-0.2, 0) is 6.42 Å². The van der Waals surface area contributed by atoms with Crippen LogP contribution >= 0.6 is 0 Å². The summed E-state index contributed by atoms with van der Waals surface area (Å²) in [5.41, 5.74) is 1.14. The van der Waals surface area contributed by atoms with Gasteiger partial charge in [-0.05, 0) is 19.3 Å². The average Bonchev–Trinajstić information content (AvgIpc) is 2.75. The van der Waals surface area contributed by atoms with Gasteiger partial charge in [0, 0.05) is 6.20 Å². The van der Waals surface area contributed by atoms with Gasteiger partial charge in [0.05, 0.1) is 11.7 Å². The van der Waals surface area contributed by atoms with E-state index < -0.39 is 0 Å². The Morgan fingerprint density at radius 1 is 1.64 bits per heavy atom. The topological polar surface area (TPSA) is 30.7 Å². The van der Waals surface area contributed by atoms with Gasteiger partial charge in [-0.3, -0.25) is 0 Å². The molecule has 1 aromatic heterocycles. The molecular weight excluding hydrogens is 138 g/mol. The molecule has 1 heterocycles. The molecular formula is C8H13N3. The highest BCUT2D eigenvalue weighted by Gasteiger charge is 2.24. The van der Waals surface area contributed by atoms with E-state index in [1.54, 1.807) is 0 Å². The van der Waals surface area contributed by atoms with E-state index in [4.69, 9.17) is 0 Å². The van der Waals surface area contributed by atoms with Crippen molar-refractivity contribution < 1.29 is 0 Å². The van der Waals surface area contributed by atoms with Crippen LogP contribution in [0.25, 0.3) is 0 Å². The first-order valence-electron chi connectivity index (χ1n) is 4.31. The predicted octanol–water partition coefficient (Wildman–Crippen LogP) is 1.57. The molecule has 3 nitrogen and oxygen atoms in total. The van der Waals surface area contributed by atoms with E-state index in [1.165, 1.54) is 12.8 Å². The zero-order valence-corrected chi connectivity index (χ0v) is 6.82. The van der Waals surface area contributed by atoms with Crippen LogP contribution < -0.4 is 0 Å². The van der Waals surface area contributed by atoms with Crippen molar-refractivity contribution in [3.8, 4) is 0 Å². The van der Waals surface area contributed by atoms with Crippen LogP contribution in [0.3, 0.4) is 0 Å². The molecule has 11 heavy (non-hydrogen) atoms. The molecule has 1 aliphatic carbocycles. The van der Waals surface area contributed by atoms with Crippen molar-refractivity contribution in [2.24, 2.45) is 0 Å². The van der Waals surface area contributed by atoms with E-state index >= 15 is 0 Å². The number of hydrogen-bond acceptors (Lipinski definition) is 2. The summed E-state index contributed by atoms with van der Waals surface area (Å²) in [6.07, 6.45) is 6.88. The summed E-state index contributed by atoms with van der Waals surface area (Å²) in [6, 6.07) is 0.674. The van der Waals surface area contributed by atoms with Crippen LogP contribution in [0.4, 0.5) is 0 Å². The van der Waals surface area contributed by atoms with Gasteiger partial charge in [0.1, 0.15) is 0 Å². The Morgan fingerprint density at radius 2 is 2.45 bits per heavy atom. The zero-order valence-electron chi connectivity index (χ0n) is 6.82. The van der Waals surface area contributed by atoms with Gasteiger partial charge in [0.15, 0.2) is 0 Å². The molecule has 0 aliphatic heterocycles. The maximum atomic E-state index is 4.08. The highest BCUT2D eigenvalue weighted by Crippen LogP contribution is 2.33. The van der Waals surface area contributed by atoms with Crippen molar-refractivity contribution in [2.45, 2.75) is 38.6 Å². The minimum Gasteiger partial charge on any atom is -0.249 e. The van der Waals surface area contributed by atoms with E-state index in [0.717, 1.165) is 18.5 Å². The Hall–Kier alpha value is -0.860. The third-order valence-electron chi connectivity index (χ3n) is 1.98. The Labute approximate surface area is 66.4 Å². The van der Waals surface area contributed by atoms with E-state index in [1.807, 2.05) is 4.68 Å². The SMILES string of the molecule is CCCc1cn(C2CC2)nn1. The Morgan fingerprint density at radius 3 is 3.09 bits per heavy atom. The average molecular weight is 151 g/mol. The first-order valence-corrected chi connectivity index (χ1v) is 4.31. The Balaban J connectivity index is 2.06. The molecule has 1 saturated carbocycles. The minimum atomic E-state index is 0.674. The predicted molar refractivity (Wildman–Crippen MR) is 42.3 cm³/mol. The largest absolute Gasteiger partial charge is 0.249 e. The van der Waals surface area contributed by atoms with E-state index in [0.29, 0.717) is 6.04 Å². The van der Waals surface area contributed by atoms with Crippen molar-refractivity contribution >= 4 is 0 Å². The fourth-order valence-corrected chi connectivity index (χ4v) is 1.20. The minimum absolute atomic E-state index is 0.674. The van der Waals surface area contributed by atoms with Crippen molar-refractivity contribution in [1.82, 2.24) is 15.0 Å². The lowest BCUT2D eigenvalue weighted by atomic mass is 10.3. The van der Waals surface area contributed by atoms with Crippen LogP contribution in [0.5, 0.6) is 0 Å². The van der Waals surface area contributed by atoms with Gasteiger partial charge in [-0.2, -0.15) is 0 Å². The van der Waals surface area contributed by atoms with Gasteiger partial charge in [-0.1, -0.05) is 18.6 Å². The van der Waals surface area contributed by atoms with Gasteiger partial charge in [0.2, 0.25) is 0 Å². The summed E-state index contributed by atoms with van der Waals surface area (Å²) in [5.74, 6) is 0. The molecule has 0 spiro atoms. The molecule has 0 atom stereocenters. The summed E-state index contributed by atoms with van der Waals surface area (Å²) >= 11 is 0. The molecule has 1 aliphatic rings. The fraction of sp³-hybridized carbons (Fsp3) is 0.750. The Kier molecular flexibility index (Phi) is 1.64. The molecule has 1 fully saturated rings. The standard InChI is InChI=1S/C8H13N3/c1-2-3-7-6-11(10-9-7)8-4-5-8/h6,8H,2-5H2,1H3. The van der Waals surface area contributed by atoms with E-state index in [-0.39, 0.29) is 0 Å². The van der Waals surface area contributed by atoms with Gasteiger partial charge >= 0.3 is 0 Å². The van der Waals surface area contributed by atoms with E-state index in [9.17, 15) is 0 Å². The summed E-state index contributed by atoms with van der Waals surface area (Å²) in [5, 5.41) is 8.14. The monoisotopic (exact) mass is 151 g/mol. The van der Waals surface area contributed by atoms with Crippen LogP contribution in [-0.4, -0.2) is 15.0 Å². The maximum absolute atomic E-state index is 4.08. The lowest BCUT2D eigenvalue weighted by Crippen LogP contribution is -1.93. The van der Waals surface area contributed by atoms with Crippen LogP contribution in [0, 0.1) is 0 Å². The van der Waals surface area contributed by atoms with Gasteiger partial charge < -0.3 is 0 Å².